The van der Waals surface area contributed by atoms with E-state index in [0.717, 1.165) is 39.3 Å². The van der Waals surface area contributed by atoms with E-state index in [1.54, 1.807) is 0 Å². The lowest BCUT2D eigenvalue weighted by Gasteiger charge is -2.19. The molecule has 4 aromatic rings. The molecule has 0 saturated carbocycles. The lowest BCUT2D eigenvalue weighted by molar-refractivity contribution is -0.371. The molecular weight excluding hydrogens is 346 g/mol. The van der Waals surface area contributed by atoms with Crippen molar-refractivity contribution in [3.63, 3.8) is 0 Å². The zero-order valence-electron chi connectivity index (χ0n) is 16.3. The largest absolute Gasteiger partial charge is 0.505 e. The Bertz CT molecular complexity index is 1150. The predicted octanol–water partition coefficient (Wildman–Crippen LogP) is 4.88. The van der Waals surface area contributed by atoms with E-state index < -0.39 is 0 Å². The summed E-state index contributed by atoms with van der Waals surface area (Å²) in [6, 6.07) is 22.0. The Morgan fingerprint density at radius 3 is 2.43 bits per heavy atom. The number of aromatic hydroxyl groups is 1. The molecule has 4 nitrogen and oxygen atoms in total. The van der Waals surface area contributed by atoms with E-state index in [0.29, 0.717) is 5.52 Å². The van der Waals surface area contributed by atoms with Crippen molar-refractivity contribution in [2.24, 2.45) is 0 Å². The summed E-state index contributed by atoms with van der Waals surface area (Å²) in [5.41, 5.74) is 5.64. The van der Waals surface area contributed by atoms with Crippen LogP contribution >= 0.6 is 0 Å². The van der Waals surface area contributed by atoms with Crippen LogP contribution in [0.1, 0.15) is 34.1 Å². The zero-order valence-corrected chi connectivity index (χ0v) is 16.3. The van der Waals surface area contributed by atoms with Gasteiger partial charge in [-0.25, -0.2) is 9.97 Å². The van der Waals surface area contributed by atoms with E-state index in [9.17, 15) is 5.11 Å². The Labute approximate surface area is 164 Å². The fourth-order valence-corrected chi connectivity index (χ4v) is 3.58. The molecule has 2 aromatic carbocycles. The standard InChI is InChI=1S/C24H23N3O/c1-15-7-4-5-9-19(15)23(27-21-10-6-8-16(2)25-21)20-14-13-18-12-11-17(3)26-22(18)24(20)28/h4-14,23,28H,1-3H3,(H,25,27)/p+1/t23-/m1/s1. The van der Waals surface area contributed by atoms with E-state index in [-0.39, 0.29) is 11.8 Å². The number of pyridine rings is 2. The quantitative estimate of drug-likeness (QED) is 0.538. The number of aryl methyl sites for hydroxylation is 3. The van der Waals surface area contributed by atoms with Crippen molar-refractivity contribution in [1.82, 2.24) is 4.98 Å². The summed E-state index contributed by atoms with van der Waals surface area (Å²) in [6.07, 6.45) is 0. The maximum absolute atomic E-state index is 11.1. The fraction of sp³-hybridized carbons (Fsp3) is 0.167. The first-order chi connectivity index (χ1) is 13.5. The SMILES string of the molecule is Cc1ccc2ccc([C@H](Nc3cccc(C)[nH+]3)c3ccccc3C)c(O)c2n1. The van der Waals surface area contributed by atoms with Crippen molar-refractivity contribution in [2.45, 2.75) is 26.8 Å². The van der Waals surface area contributed by atoms with Gasteiger partial charge in [0.25, 0.3) is 5.82 Å². The second-order valence-corrected chi connectivity index (χ2v) is 7.21. The number of H-pyrrole nitrogens is 1. The number of aromatic nitrogens is 2. The van der Waals surface area contributed by atoms with Gasteiger partial charge in [-0.1, -0.05) is 42.5 Å². The molecule has 140 valence electrons. The lowest BCUT2D eigenvalue weighted by Crippen LogP contribution is -2.21. The minimum atomic E-state index is -0.217. The number of aromatic amines is 1. The number of nitrogens with zero attached hydrogens (tertiary/aromatic N) is 1. The molecule has 2 aromatic heterocycles. The van der Waals surface area contributed by atoms with Gasteiger partial charge in [-0.3, -0.25) is 5.32 Å². The number of nitrogens with one attached hydrogen (secondary N) is 2. The monoisotopic (exact) mass is 370 g/mol. The van der Waals surface area contributed by atoms with Crippen LogP contribution in [0.2, 0.25) is 0 Å². The molecule has 2 heterocycles. The molecular formula is C24H24N3O+. The molecule has 3 N–H and O–H groups in total. The maximum atomic E-state index is 11.1. The first-order valence-corrected chi connectivity index (χ1v) is 9.43. The Hall–Kier alpha value is -3.40. The smallest absolute Gasteiger partial charge is 0.273 e. The molecule has 1 atom stereocenters. The van der Waals surface area contributed by atoms with E-state index in [4.69, 9.17) is 0 Å². The first kappa shape index (κ1) is 18.0. The van der Waals surface area contributed by atoms with E-state index in [1.807, 2.05) is 68.4 Å². The summed E-state index contributed by atoms with van der Waals surface area (Å²) < 4.78 is 0. The summed E-state index contributed by atoms with van der Waals surface area (Å²) >= 11 is 0. The molecule has 0 aliphatic heterocycles. The maximum Gasteiger partial charge on any atom is 0.273 e. The van der Waals surface area contributed by atoms with Crippen LogP contribution in [-0.4, -0.2) is 10.1 Å². The van der Waals surface area contributed by atoms with Crippen molar-refractivity contribution in [3.05, 3.63) is 94.8 Å². The minimum Gasteiger partial charge on any atom is -0.505 e. The number of rotatable bonds is 4. The fourth-order valence-electron chi connectivity index (χ4n) is 3.58. The summed E-state index contributed by atoms with van der Waals surface area (Å²) in [4.78, 5) is 7.92. The van der Waals surface area contributed by atoms with Gasteiger partial charge >= 0.3 is 0 Å². The second kappa shape index (κ2) is 7.31. The van der Waals surface area contributed by atoms with Gasteiger partial charge in [0.1, 0.15) is 17.3 Å². The highest BCUT2D eigenvalue weighted by Gasteiger charge is 2.25. The Morgan fingerprint density at radius 2 is 1.64 bits per heavy atom. The number of phenolic OH excluding ortho intramolecular Hbond substituents is 1. The van der Waals surface area contributed by atoms with Gasteiger partial charge in [-0.05, 0) is 44.5 Å². The molecule has 0 fully saturated rings. The number of benzene rings is 2. The highest BCUT2D eigenvalue weighted by Crippen LogP contribution is 2.37. The van der Waals surface area contributed by atoms with E-state index in [1.165, 1.54) is 0 Å². The molecule has 0 aliphatic carbocycles. The van der Waals surface area contributed by atoms with Gasteiger partial charge < -0.3 is 5.11 Å². The van der Waals surface area contributed by atoms with Crippen molar-refractivity contribution in [1.29, 1.82) is 0 Å². The Morgan fingerprint density at radius 1 is 0.857 bits per heavy atom. The summed E-state index contributed by atoms with van der Waals surface area (Å²) in [5, 5.41) is 15.6. The molecule has 0 aliphatic rings. The number of fused-ring (bicyclic) bond motifs is 1. The van der Waals surface area contributed by atoms with Gasteiger partial charge in [-0.15, -0.1) is 0 Å². The van der Waals surface area contributed by atoms with Crippen LogP contribution < -0.4 is 10.3 Å². The van der Waals surface area contributed by atoms with Crippen LogP contribution in [0.5, 0.6) is 5.75 Å². The van der Waals surface area contributed by atoms with Crippen LogP contribution in [0.3, 0.4) is 0 Å². The third kappa shape index (κ3) is 3.41. The third-order valence-corrected chi connectivity index (χ3v) is 5.06. The zero-order chi connectivity index (χ0) is 19.7. The number of phenols is 1. The molecule has 0 amide bonds. The van der Waals surface area contributed by atoms with Gasteiger partial charge in [0, 0.05) is 28.3 Å². The molecule has 0 bridgehead atoms. The topological polar surface area (TPSA) is 59.3 Å². The lowest BCUT2D eigenvalue weighted by atomic mass is 9.93. The van der Waals surface area contributed by atoms with E-state index >= 15 is 0 Å². The summed E-state index contributed by atoms with van der Waals surface area (Å²) in [7, 11) is 0. The van der Waals surface area contributed by atoms with Gasteiger partial charge in [0.05, 0.1) is 5.69 Å². The van der Waals surface area contributed by atoms with Gasteiger partial charge in [-0.2, -0.15) is 0 Å². The summed E-state index contributed by atoms with van der Waals surface area (Å²) in [5.74, 6) is 1.11. The number of hydrogen-bond acceptors (Lipinski definition) is 3. The van der Waals surface area contributed by atoms with Crippen molar-refractivity contribution in [3.8, 4) is 5.75 Å². The number of hydrogen-bond donors (Lipinski definition) is 2. The third-order valence-electron chi connectivity index (χ3n) is 5.06. The Balaban J connectivity index is 1.89. The minimum absolute atomic E-state index is 0.217. The molecule has 4 rings (SSSR count). The first-order valence-electron chi connectivity index (χ1n) is 9.43. The van der Waals surface area contributed by atoms with Crippen LogP contribution in [0.15, 0.2) is 66.7 Å². The predicted molar refractivity (Wildman–Crippen MR) is 113 cm³/mol. The Kier molecular flexibility index (Phi) is 4.70. The van der Waals surface area contributed by atoms with Crippen LogP contribution in [-0.2, 0) is 0 Å². The van der Waals surface area contributed by atoms with Crippen LogP contribution in [0, 0.1) is 20.8 Å². The average Bonchev–Trinajstić information content (AvgIpc) is 2.68. The van der Waals surface area contributed by atoms with Crippen molar-refractivity contribution in [2.75, 3.05) is 5.32 Å². The van der Waals surface area contributed by atoms with Crippen LogP contribution in [0.25, 0.3) is 10.9 Å². The second-order valence-electron chi connectivity index (χ2n) is 7.21. The molecule has 0 spiro atoms. The number of anilines is 1. The van der Waals surface area contributed by atoms with Gasteiger partial charge in [0.2, 0.25) is 0 Å². The highest BCUT2D eigenvalue weighted by molar-refractivity contribution is 5.86. The van der Waals surface area contributed by atoms with Gasteiger partial charge in [0.15, 0.2) is 0 Å². The normalized spacial score (nSPS) is 12.1. The van der Waals surface area contributed by atoms with Crippen LogP contribution in [0.4, 0.5) is 5.82 Å². The molecule has 0 unspecified atom stereocenters. The van der Waals surface area contributed by atoms with Crippen molar-refractivity contribution < 1.29 is 10.1 Å². The summed E-state index contributed by atoms with van der Waals surface area (Å²) in [6.45, 7) is 6.04. The molecule has 0 radical (unpaired) electrons. The highest BCUT2D eigenvalue weighted by atomic mass is 16.3. The van der Waals surface area contributed by atoms with Crippen molar-refractivity contribution >= 4 is 16.7 Å². The molecule has 4 heteroatoms. The molecule has 28 heavy (non-hydrogen) atoms. The molecule has 0 saturated heterocycles. The van der Waals surface area contributed by atoms with E-state index in [2.05, 4.69) is 34.3 Å². The average molecular weight is 370 g/mol.